The Morgan fingerprint density at radius 2 is 1.29 bits per heavy atom. The first-order valence-electron chi connectivity index (χ1n) is 14.1. The van der Waals surface area contributed by atoms with E-state index >= 15 is 0 Å². The van der Waals surface area contributed by atoms with Gasteiger partial charge in [0, 0.05) is 12.1 Å². The predicted octanol–water partition coefficient (Wildman–Crippen LogP) is 6.73. The van der Waals surface area contributed by atoms with Gasteiger partial charge in [0.2, 0.25) is 0 Å². The number of benzene rings is 4. The molecule has 0 aromatic heterocycles. The van der Waals surface area contributed by atoms with Crippen molar-refractivity contribution >= 4 is 17.6 Å². The average Bonchev–Trinajstić information content (AvgIpc) is 3.09. The molecule has 1 aliphatic rings. The fourth-order valence-electron chi connectivity index (χ4n) is 5.44. The normalized spacial score (nSPS) is 15.6. The Hall–Kier alpha value is -5.44. The van der Waals surface area contributed by atoms with Gasteiger partial charge in [-0.25, -0.2) is 0 Å². The van der Waals surface area contributed by atoms with Gasteiger partial charge in [0.05, 0.1) is 59.7 Å². The van der Waals surface area contributed by atoms with Crippen LogP contribution in [0, 0.1) is 0 Å². The van der Waals surface area contributed by atoms with Crippen LogP contribution in [0.1, 0.15) is 49.4 Å². The van der Waals surface area contributed by atoms with Gasteiger partial charge in [0.1, 0.15) is 51.9 Å². The van der Waals surface area contributed by atoms with Gasteiger partial charge in [0.15, 0.2) is 11.6 Å². The lowest BCUT2D eigenvalue weighted by Gasteiger charge is -2.35. The molecule has 0 fully saturated rings. The van der Waals surface area contributed by atoms with Gasteiger partial charge in [-0.1, -0.05) is 30.3 Å². The molecule has 1 aliphatic heterocycles. The van der Waals surface area contributed by atoms with Gasteiger partial charge in [0.25, 0.3) is 0 Å². The largest absolute Gasteiger partial charge is 0.497 e. The van der Waals surface area contributed by atoms with Crippen molar-refractivity contribution in [1.82, 2.24) is 0 Å². The highest BCUT2D eigenvalue weighted by Gasteiger charge is 2.44. The maximum absolute atomic E-state index is 14.5. The van der Waals surface area contributed by atoms with Crippen LogP contribution in [-0.4, -0.2) is 54.2 Å². The number of carbonyl (C=O) groups is 2. The minimum Gasteiger partial charge on any atom is -0.497 e. The third-order valence-electron chi connectivity index (χ3n) is 7.73. The molecule has 0 aliphatic carbocycles. The van der Waals surface area contributed by atoms with Crippen LogP contribution in [0.3, 0.4) is 0 Å². The van der Waals surface area contributed by atoms with Crippen LogP contribution in [0.2, 0.25) is 0 Å². The second-order valence-corrected chi connectivity index (χ2v) is 10.1. The molecule has 0 spiro atoms. The molecule has 4 aromatic carbocycles. The molecule has 2 unspecified atom stereocenters. The van der Waals surface area contributed by atoms with Gasteiger partial charge >= 0.3 is 0 Å². The lowest BCUT2D eigenvalue weighted by Crippen LogP contribution is -2.31. The molecule has 0 amide bonds. The lowest BCUT2D eigenvalue weighted by molar-refractivity contribution is 0.0772. The first-order chi connectivity index (χ1) is 21.9. The monoisotopic (exact) mass is 610 g/mol. The Morgan fingerprint density at radius 3 is 1.87 bits per heavy atom. The highest BCUT2D eigenvalue weighted by atomic mass is 16.5. The Kier molecular flexibility index (Phi) is 9.28. The lowest BCUT2D eigenvalue weighted by atomic mass is 9.79. The van der Waals surface area contributed by atoms with Crippen molar-refractivity contribution < 1.29 is 42.7 Å². The number of ketones is 2. The maximum Gasteiger partial charge on any atom is 0.193 e. The first kappa shape index (κ1) is 31.0. The van der Waals surface area contributed by atoms with Crippen LogP contribution in [0.25, 0.3) is 6.08 Å². The molecule has 9 nitrogen and oxygen atoms in total. The molecule has 0 saturated carbocycles. The van der Waals surface area contributed by atoms with E-state index in [4.69, 9.17) is 33.2 Å². The zero-order chi connectivity index (χ0) is 32.1. The van der Waals surface area contributed by atoms with E-state index in [-0.39, 0.29) is 22.8 Å². The van der Waals surface area contributed by atoms with Crippen molar-refractivity contribution in [1.29, 1.82) is 0 Å². The van der Waals surface area contributed by atoms with E-state index < -0.39 is 17.8 Å². The van der Waals surface area contributed by atoms with E-state index in [1.54, 1.807) is 75.9 Å². The number of hydrogen-bond donors (Lipinski definition) is 0. The van der Waals surface area contributed by atoms with Gasteiger partial charge in [-0.2, -0.15) is 0 Å². The number of methoxy groups -OCH3 is 6. The van der Waals surface area contributed by atoms with Gasteiger partial charge in [-0.3, -0.25) is 9.59 Å². The molecule has 0 N–H and O–H groups in total. The third kappa shape index (κ3) is 6.02. The molecule has 0 radical (unpaired) electrons. The molecule has 2 atom stereocenters. The van der Waals surface area contributed by atoms with E-state index in [2.05, 4.69) is 0 Å². The summed E-state index contributed by atoms with van der Waals surface area (Å²) in [5.41, 5.74) is 2.35. The Balaban J connectivity index is 1.69. The number of fused-ring (bicyclic) bond motifs is 1. The number of hydrogen-bond acceptors (Lipinski definition) is 9. The van der Waals surface area contributed by atoms with Crippen molar-refractivity contribution in [3.63, 3.8) is 0 Å². The summed E-state index contributed by atoms with van der Waals surface area (Å²) >= 11 is 0. The molecule has 4 aromatic rings. The van der Waals surface area contributed by atoms with Crippen LogP contribution < -0.4 is 33.2 Å². The highest BCUT2D eigenvalue weighted by molar-refractivity contribution is 6.12. The SMILES string of the molecule is COc1ccc(/C=C/C(=O)c2c(OC)cc(OC)c(C3C(=O)c4ccc(OC)cc4OC3c3ccc(OC)cc3)c2OC)cc1. The van der Waals surface area contributed by atoms with Gasteiger partial charge in [-0.15, -0.1) is 0 Å². The van der Waals surface area contributed by atoms with E-state index in [0.29, 0.717) is 45.4 Å². The first-order valence-corrected chi connectivity index (χ1v) is 14.1. The Bertz CT molecular complexity index is 1720. The fourth-order valence-corrected chi connectivity index (χ4v) is 5.44. The summed E-state index contributed by atoms with van der Waals surface area (Å²) in [5.74, 6) is 1.35. The quantitative estimate of drug-likeness (QED) is 0.135. The summed E-state index contributed by atoms with van der Waals surface area (Å²) < 4.78 is 39.9. The summed E-state index contributed by atoms with van der Waals surface area (Å²) in [6.07, 6.45) is 2.29. The Morgan fingerprint density at radius 1 is 0.689 bits per heavy atom. The topological polar surface area (TPSA) is 98.8 Å². The molecule has 232 valence electrons. The van der Waals surface area contributed by atoms with Crippen molar-refractivity contribution in [3.8, 4) is 40.2 Å². The minimum absolute atomic E-state index is 0.141. The number of ether oxygens (including phenoxy) is 7. The second kappa shape index (κ2) is 13.5. The molecule has 0 saturated heterocycles. The number of allylic oxidation sites excluding steroid dienone is 1. The van der Waals surface area contributed by atoms with Crippen molar-refractivity contribution in [2.45, 2.75) is 12.0 Å². The average molecular weight is 611 g/mol. The molecule has 5 rings (SSSR count). The van der Waals surface area contributed by atoms with Gasteiger partial charge < -0.3 is 33.2 Å². The molecule has 45 heavy (non-hydrogen) atoms. The van der Waals surface area contributed by atoms with Crippen LogP contribution in [0.5, 0.6) is 40.2 Å². The van der Waals surface area contributed by atoms with E-state index in [1.165, 1.54) is 27.4 Å². The summed E-state index contributed by atoms with van der Waals surface area (Å²) in [4.78, 5) is 28.3. The molecular formula is C36H34O9. The fraction of sp³-hybridized carbons (Fsp3) is 0.222. The van der Waals surface area contributed by atoms with Crippen LogP contribution in [0.4, 0.5) is 0 Å². The Labute approximate surface area is 261 Å². The maximum atomic E-state index is 14.5. The number of Topliss-reactive ketones (excluding diaryl/α,β-unsaturated/α-hetero) is 1. The molecule has 0 bridgehead atoms. The van der Waals surface area contributed by atoms with Crippen LogP contribution >= 0.6 is 0 Å². The van der Waals surface area contributed by atoms with Crippen molar-refractivity contribution in [3.05, 3.63) is 107 Å². The standard InChI is InChI=1S/C36H34O9/c1-39-23-12-7-21(8-13-23)9-18-27(37)31-29(42-4)20-30(43-5)32(36(31)44-6)33-34(38)26-17-16-25(41-3)19-28(26)45-35(33)22-10-14-24(40-2)15-11-22/h7-20,33,35H,1-6H3/b18-9+. The summed E-state index contributed by atoms with van der Waals surface area (Å²) in [6, 6.07) is 21.2. The predicted molar refractivity (Wildman–Crippen MR) is 169 cm³/mol. The third-order valence-corrected chi connectivity index (χ3v) is 7.73. The summed E-state index contributed by atoms with van der Waals surface area (Å²) in [5, 5.41) is 0. The van der Waals surface area contributed by atoms with Crippen LogP contribution in [0.15, 0.2) is 78.9 Å². The van der Waals surface area contributed by atoms with Crippen molar-refractivity contribution in [2.24, 2.45) is 0 Å². The second-order valence-electron chi connectivity index (χ2n) is 10.1. The zero-order valence-electron chi connectivity index (χ0n) is 25.9. The van der Waals surface area contributed by atoms with E-state index in [1.807, 2.05) is 24.3 Å². The zero-order valence-corrected chi connectivity index (χ0v) is 25.9. The summed E-state index contributed by atoms with van der Waals surface area (Å²) in [7, 11) is 9.09. The highest BCUT2D eigenvalue weighted by Crippen LogP contribution is 2.52. The van der Waals surface area contributed by atoms with E-state index in [9.17, 15) is 9.59 Å². The molecular weight excluding hydrogens is 576 g/mol. The molecule has 1 heterocycles. The smallest absolute Gasteiger partial charge is 0.193 e. The molecule has 9 heteroatoms. The van der Waals surface area contributed by atoms with E-state index in [0.717, 1.165) is 5.56 Å². The summed E-state index contributed by atoms with van der Waals surface area (Å²) in [6.45, 7) is 0. The van der Waals surface area contributed by atoms with Gasteiger partial charge in [-0.05, 0) is 53.6 Å². The van der Waals surface area contributed by atoms with Crippen LogP contribution in [-0.2, 0) is 0 Å². The van der Waals surface area contributed by atoms with Crippen molar-refractivity contribution in [2.75, 3.05) is 42.7 Å². The number of rotatable bonds is 11. The number of carbonyl (C=O) groups excluding carboxylic acids is 2. The minimum atomic E-state index is -0.966.